The average molecular weight is 192 g/mol. The molecule has 0 bridgehead atoms. The first-order chi connectivity index (χ1) is 5.87. The Labute approximate surface area is 78.1 Å². The molecule has 0 aromatic rings. The van der Waals surface area contributed by atoms with Gasteiger partial charge in [-0.1, -0.05) is 13.8 Å². The van der Waals surface area contributed by atoms with Gasteiger partial charge in [0.1, 0.15) is 0 Å². The minimum absolute atomic E-state index is 0.00620. The van der Waals surface area contributed by atoms with Crippen molar-refractivity contribution >= 4 is 0 Å². The number of aliphatic hydroxyl groups is 1. The minimum atomic E-state index is -2.50. The Hall–Kier alpha value is -0.180. The highest BCUT2D eigenvalue weighted by Gasteiger charge is 2.41. The van der Waals surface area contributed by atoms with Crippen molar-refractivity contribution in [3.8, 4) is 0 Å². The van der Waals surface area contributed by atoms with Gasteiger partial charge in [-0.2, -0.15) is 0 Å². The lowest BCUT2D eigenvalue weighted by Gasteiger charge is -2.38. The molecule has 0 heterocycles. The predicted molar refractivity (Wildman–Crippen MR) is 47.8 cm³/mol. The number of aliphatic hydroxyl groups excluding tert-OH is 1. The Morgan fingerprint density at radius 3 is 2.54 bits per heavy atom. The molecule has 0 radical (unpaired) electrons. The van der Waals surface area contributed by atoms with E-state index in [0.717, 1.165) is 6.42 Å². The van der Waals surface area contributed by atoms with Crippen LogP contribution in [0.2, 0.25) is 0 Å². The van der Waals surface area contributed by atoms with Crippen LogP contribution in [0.25, 0.3) is 0 Å². The molecule has 1 rings (SSSR count). The molecule has 1 aliphatic rings. The third-order valence-electron chi connectivity index (χ3n) is 3.15. The third-order valence-corrected chi connectivity index (χ3v) is 3.15. The molecule has 0 aromatic carbocycles. The van der Waals surface area contributed by atoms with Crippen molar-refractivity contribution in [2.75, 3.05) is 6.61 Å². The van der Waals surface area contributed by atoms with E-state index in [4.69, 9.17) is 5.11 Å². The molecule has 1 aliphatic carbocycles. The molecule has 13 heavy (non-hydrogen) atoms. The zero-order valence-electron chi connectivity index (χ0n) is 8.32. The fourth-order valence-corrected chi connectivity index (χ4v) is 1.97. The first-order valence-electron chi connectivity index (χ1n) is 4.86. The lowest BCUT2D eigenvalue weighted by Crippen LogP contribution is -2.36. The molecule has 0 amide bonds. The van der Waals surface area contributed by atoms with Crippen molar-refractivity contribution in [1.82, 2.24) is 0 Å². The number of alkyl halides is 2. The van der Waals surface area contributed by atoms with Crippen LogP contribution in [0.3, 0.4) is 0 Å². The fraction of sp³-hybridized carbons (Fsp3) is 1.00. The molecule has 1 saturated carbocycles. The van der Waals surface area contributed by atoms with E-state index >= 15 is 0 Å². The van der Waals surface area contributed by atoms with E-state index in [1.165, 1.54) is 0 Å². The summed E-state index contributed by atoms with van der Waals surface area (Å²) in [6.07, 6.45) is 1.37. The van der Waals surface area contributed by atoms with Crippen molar-refractivity contribution in [2.45, 2.75) is 45.5 Å². The Bertz CT molecular complexity index is 178. The summed E-state index contributed by atoms with van der Waals surface area (Å²) in [4.78, 5) is 0. The second kappa shape index (κ2) is 3.52. The summed E-state index contributed by atoms with van der Waals surface area (Å²) in [5.41, 5.74) is -0.357. The van der Waals surface area contributed by atoms with E-state index in [1.54, 1.807) is 0 Å². The van der Waals surface area contributed by atoms with Crippen molar-refractivity contribution in [2.24, 2.45) is 11.3 Å². The maximum atomic E-state index is 13.0. The van der Waals surface area contributed by atoms with Crippen molar-refractivity contribution in [3.63, 3.8) is 0 Å². The summed E-state index contributed by atoms with van der Waals surface area (Å²) in [6, 6.07) is 0. The van der Waals surface area contributed by atoms with Gasteiger partial charge in [-0.15, -0.1) is 0 Å². The summed E-state index contributed by atoms with van der Waals surface area (Å²) in [5.74, 6) is -2.55. The number of halogens is 2. The summed E-state index contributed by atoms with van der Waals surface area (Å²) in [6.45, 7) is 3.71. The van der Waals surface area contributed by atoms with Gasteiger partial charge >= 0.3 is 0 Å². The quantitative estimate of drug-likeness (QED) is 0.713. The van der Waals surface area contributed by atoms with Crippen LogP contribution in [-0.2, 0) is 0 Å². The lowest BCUT2D eigenvalue weighted by molar-refractivity contribution is -0.0804. The maximum Gasteiger partial charge on any atom is 0.248 e. The number of hydrogen-bond acceptors (Lipinski definition) is 1. The molecule has 78 valence electrons. The average Bonchev–Trinajstić information content (AvgIpc) is 2.03. The summed E-state index contributed by atoms with van der Waals surface area (Å²) in [5, 5.41) is 9.07. The van der Waals surface area contributed by atoms with E-state index in [9.17, 15) is 8.78 Å². The molecule has 0 aliphatic heterocycles. The summed E-state index contributed by atoms with van der Waals surface area (Å²) in [7, 11) is 0. The predicted octanol–water partition coefficient (Wildman–Crippen LogP) is 2.83. The molecule has 0 saturated heterocycles. The van der Waals surface area contributed by atoms with Crippen molar-refractivity contribution < 1.29 is 13.9 Å². The highest BCUT2D eigenvalue weighted by Crippen LogP contribution is 2.44. The van der Waals surface area contributed by atoms with Gasteiger partial charge in [0.25, 0.3) is 0 Å². The van der Waals surface area contributed by atoms with Gasteiger partial charge in [0.2, 0.25) is 5.92 Å². The molecule has 1 fully saturated rings. The second-order valence-electron chi connectivity index (χ2n) is 4.80. The van der Waals surface area contributed by atoms with E-state index < -0.39 is 5.92 Å². The standard InChI is InChI=1S/C10H18F2O/c1-9(2,7-13)8-4-3-5-10(11,12)6-8/h8,13H,3-7H2,1-2H3. The molecule has 0 spiro atoms. The minimum Gasteiger partial charge on any atom is -0.396 e. The van der Waals surface area contributed by atoms with Gasteiger partial charge in [-0.25, -0.2) is 8.78 Å². The molecule has 3 heteroatoms. The van der Waals surface area contributed by atoms with Crippen LogP contribution in [0.15, 0.2) is 0 Å². The van der Waals surface area contributed by atoms with Crippen LogP contribution in [-0.4, -0.2) is 17.6 Å². The number of hydrogen-bond donors (Lipinski definition) is 1. The van der Waals surface area contributed by atoms with Crippen LogP contribution >= 0.6 is 0 Å². The first kappa shape index (κ1) is 10.9. The molecule has 0 aromatic heterocycles. The van der Waals surface area contributed by atoms with Gasteiger partial charge < -0.3 is 5.11 Å². The SMILES string of the molecule is CC(C)(CO)C1CCCC(F)(F)C1. The monoisotopic (exact) mass is 192 g/mol. The maximum absolute atomic E-state index is 13.0. The van der Waals surface area contributed by atoms with Crippen molar-refractivity contribution in [3.05, 3.63) is 0 Å². The van der Waals surface area contributed by atoms with Crippen LogP contribution in [0.5, 0.6) is 0 Å². The van der Waals surface area contributed by atoms with Gasteiger partial charge in [-0.05, 0) is 24.2 Å². The highest BCUT2D eigenvalue weighted by molar-refractivity contribution is 4.86. The van der Waals surface area contributed by atoms with Gasteiger partial charge in [0, 0.05) is 19.4 Å². The van der Waals surface area contributed by atoms with Crippen LogP contribution in [0.1, 0.15) is 39.5 Å². The Kier molecular flexibility index (Phi) is 2.95. The Morgan fingerprint density at radius 1 is 1.46 bits per heavy atom. The normalized spacial score (nSPS) is 28.8. The van der Waals surface area contributed by atoms with E-state index in [2.05, 4.69) is 0 Å². The zero-order valence-corrected chi connectivity index (χ0v) is 8.32. The fourth-order valence-electron chi connectivity index (χ4n) is 1.97. The zero-order chi connectivity index (χ0) is 10.1. The third kappa shape index (κ3) is 2.63. The van der Waals surface area contributed by atoms with Gasteiger partial charge in [-0.3, -0.25) is 0 Å². The molecular formula is C10H18F2O. The molecular weight excluding hydrogens is 174 g/mol. The lowest BCUT2D eigenvalue weighted by atomic mass is 9.70. The van der Waals surface area contributed by atoms with Crippen LogP contribution < -0.4 is 0 Å². The Balaban J connectivity index is 2.61. The highest BCUT2D eigenvalue weighted by atomic mass is 19.3. The Morgan fingerprint density at radius 2 is 2.08 bits per heavy atom. The van der Waals surface area contributed by atoms with E-state index in [-0.39, 0.29) is 30.8 Å². The molecule has 1 nitrogen and oxygen atoms in total. The first-order valence-corrected chi connectivity index (χ1v) is 4.86. The largest absolute Gasteiger partial charge is 0.396 e. The second-order valence-corrected chi connectivity index (χ2v) is 4.80. The van der Waals surface area contributed by atoms with Crippen molar-refractivity contribution in [1.29, 1.82) is 0 Å². The number of rotatable bonds is 2. The molecule has 1 unspecified atom stereocenters. The van der Waals surface area contributed by atoms with E-state index in [0.29, 0.717) is 6.42 Å². The molecule has 1 N–H and O–H groups in total. The van der Waals surface area contributed by atoms with Gasteiger partial charge in [0.15, 0.2) is 0 Å². The van der Waals surface area contributed by atoms with E-state index in [1.807, 2.05) is 13.8 Å². The topological polar surface area (TPSA) is 20.2 Å². The van der Waals surface area contributed by atoms with Gasteiger partial charge in [0.05, 0.1) is 0 Å². The van der Waals surface area contributed by atoms with Crippen LogP contribution in [0, 0.1) is 11.3 Å². The van der Waals surface area contributed by atoms with Crippen LogP contribution in [0.4, 0.5) is 8.78 Å². The smallest absolute Gasteiger partial charge is 0.248 e. The summed E-state index contributed by atoms with van der Waals surface area (Å²) < 4.78 is 26.1. The molecule has 1 atom stereocenters. The summed E-state index contributed by atoms with van der Waals surface area (Å²) >= 11 is 0.